The summed E-state index contributed by atoms with van der Waals surface area (Å²) < 4.78 is 4.67. The van der Waals surface area contributed by atoms with E-state index in [4.69, 9.17) is 5.11 Å². The van der Waals surface area contributed by atoms with Gasteiger partial charge in [0.05, 0.1) is 11.3 Å². The van der Waals surface area contributed by atoms with Crippen molar-refractivity contribution < 1.29 is 29.2 Å². The van der Waals surface area contributed by atoms with Crippen LogP contribution in [0.4, 0.5) is 5.69 Å². The van der Waals surface area contributed by atoms with Crippen molar-refractivity contribution in [1.82, 2.24) is 0 Å². The Balaban J connectivity index is 2.46. The monoisotopic (exact) mass is 281 g/mol. The van der Waals surface area contributed by atoms with E-state index in [1.54, 1.807) is 0 Å². The van der Waals surface area contributed by atoms with Gasteiger partial charge in [0.2, 0.25) is 5.78 Å². The molecule has 0 aromatic heterocycles. The van der Waals surface area contributed by atoms with Crippen LogP contribution >= 0.6 is 0 Å². The number of nitro groups is 1. The minimum absolute atomic E-state index is 0.0994. The number of hydrogen-bond acceptors (Lipinski definition) is 6. The van der Waals surface area contributed by atoms with Crippen molar-refractivity contribution in [2.24, 2.45) is 0 Å². The summed E-state index contributed by atoms with van der Waals surface area (Å²) in [6.45, 7) is -0.213. The second kappa shape index (κ2) is 6.98. The predicted molar refractivity (Wildman–Crippen MR) is 64.8 cm³/mol. The number of hydrogen-bond donors (Lipinski definition) is 1. The Labute approximate surface area is 113 Å². The molecule has 0 radical (unpaired) electrons. The van der Waals surface area contributed by atoms with E-state index in [9.17, 15) is 24.5 Å². The normalized spacial score (nSPS) is 9.80. The van der Waals surface area contributed by atoms with Gasteiger partial charge in [-0.25, -0.2) is 4.79 Å². The third-order valence-corrected chi connectivity index (χ3v) is 2.31. The quantitative estimate of drug-likeness (QED) is 0.343. The molecule has 0 saturated heterocycles. The van der Waals surface area contributed by atoms with Gasteiger partial charge >= 0.3 is 11.9 Å². The molecule has 0 bridgehead atoms. The Kier molecular flexibility index (Phi) is 5.33. The molecule has 0 amide bonds. The molecule has 1 aromatic carbocycles. The third-order valence-electron chi connectivity index (χ3n) is 2.31. The number of carbonyl (C=O) groups excluding carboxylic acids is 2. The lowest BCUT2D eigenvalue weighted by Crippen LogP contribution is -2.18. The van der Waals surface area contributed by atoms with Crippen LogP contribution in [0, 0.1) is 10.1 Å². The van der Waals surface area contributed by atoms with Gasteiger partial charge in [-0.2, -0.15) is 0 Å². The van der Waals surface area contributed by atoms with Crippen LogP contribution in [0.2, 0.25) is 0 Å². The highest BCUT2D eigenvalue weighted by atomic mass is 16.6. The lowest BCUT2D eigenvalue weighted by Gasteiger charge is -2.03. The number of aliphatic carboxylic acids is 1. The number of non-ortho nitro benzene ring substituents is 1. The van der Waals surface area contributed by atoms with Crippen molar-refractivity contribution >= 4 is 23.4 Å². The van der Waals surface area contributed by atoms with Gasteiger partial charge in [0.15, 0.2) is 0 Å². The van der Waals surface area contributed by atoms with Crippen LogP contribution < -0.4 is 0 Å². The molecule has 8 nitrogen and oxygen atoms in total. The molecule has 106 valence electrons. The molecular weight excluding hydrogens is 270 g/mol. The maximum atomic E-state index is 11.2. The van der Waals surface area contributed by atoms with E-state index in [-0.39, 0.29) is 12.3 Å². The summed E-state index contributed by atoms with van der Waals surface area (Å²) >= 11 is 0. The van der Waals surface area contributed by atoms with Gasteiger partial charge in [-0.1, -0.05) is 0 Å². The van der Waals surface area contributed by atoms with Gasteiger partial charge in [0, 0.05) is 18.6 Å². The molecule has 0 saturated carbocycles. The van der Waals surface area contributed by atoms with Crippen molar-refractivity contribution in [3.8, 4) is 0 Å². The molecule has 1 rings (SSSR count). The fourth-order valence-corrected chi connectivity index (χ4v) is 1.27. The minimum atomic E-state index is -1.18. The average Bonchev–Trinajstić information content (AvgIpc) is 2.42. The van der Waals surface area contributed by atoms with Crippen LogP contribution in [0.15, 0.2) is 24.3 Å². The topological polar surface area (TPSA) is 124 Å². The Morgan fingerprint density at radius 3 is 2.25 bits per heavy atom. The number of Topliss-reactive ketones (excluding diaryl/α,β-unsaturated/α-hetero) is 1. The first-order chi connectivity index (χ1) is 9.40. The Bertz CT molecular complexity index is 535. The van der Waals surface area contributed by atoms with Crippen LogP contribution in [0.1, 0.15) is 18.4 Å². The Morgan fingerprint density at radius 2 is 1.75 bits per heavy atom. The molecule has 0 aliphatic rings. The van der Waals surface area contributed by atoms with Crippen molar-refractivity contribution in [3.05, 3.63) is 39.9 Å². The van der Waals surface area contributed by atoms with E-state index in [1.807, 2.05) is 0 Å². The summed E-state index contributed by atoms with van der Waals surface area (Å²) in [6, 6.07) is 5.28. The lowest BCUT2D eigenvalue weighted by molar-refractivity contribution is -0.384. The van der Waals surface area contributed by atoms with Gasteiger partial charge in [-0.3, -0.25) is 19.7 Å². The number of carbonyl (C=O) groups is 3. The lowest BCUT2D eigenvalue weighted by atomic mass is 10.2. The molecule has 1 aromatic rings. The molecule has 20 heavy (non-hydrogen) atoms. The van der Waals surface area contributed by atoms with Gasteiger partial charge in [0.1, 0.15) is 6.61 Å². The van der Waals surface area contributed by atoms with Crippen LogP contribution in [0.25, 0.3) is 0 Å². The number of carboxylic acid groups (broad SMARTS) is 1. The summed E-state index contributed by atoms with van der Waals surface area (Å²) in [5.41, 5.74) is 0.382. The molecule has 0 aliphatic carbocycles. The molecule has 1 N–H and O–H groups in total. The smallest absolute Gasteiger partial charge is 0.374 e. The Morgan fingerprint density at radius 1 is 1.15 bits per heavy atom. The van der Waals surface area contributed by atoms with Crippen molar-refractivity contribution in [3.63, 3.8) is 0 Å². The van der Waals surface area contributed by atoms with E-state index in [1.165, 1.54) is 24.3 Å². The number of ketones is 1. The highest BCUT2D eigenvalue weighted by Gasteiger charge is 2.16. The zero-order valence-corrected chi connectivity index (χ0v) is 10.3. The number of nitro benzene ring substituents is 1. The van der Waals surface area contributed by atoms with Crippen molar-refractivity contribution in [1.29, 1.82) is 0 Å². The SMILES string of the molecule is O=C(O)CCC(=O)C(=O)OCc1ccc([N+](=O)[O-])cc1. The van der Waals surface area contributed by atoms with Gasteiger partial charge in [-0.05, 0) is 17.7 Å². The van der Waals surface area contributed by atoms with E-state index >= 15 is 0 Å². The summed E-state index contributed by atoms with van der Waals surface area (Å²) in [5.74, 6) is -3.22. The van der Waals surface area contributed by atoms with E-state index in [0.29, 0.717) is 5.56 Å². The largest absolute Gasteiger partial charge is 0.481 e. The number of rotatable bonds is 7. The second-order valence-electron chi connectivity index (χ2n) is 3.82. The first kappa shape index (κ1) is 15.3. The maximum Gasteiger partial charge on any atom is 0.374 e. The van der Waals surface area contributed by atoms with Crippen molar-refractivity contribution in [2.45, 2.75) is 19.4 Å². The fraction of sp³-hybridized carbons (Fsp3) is 0.250. The van der Waals surface area contributed by atoms with Crippen LogP contribution in [-0.2, 0) is 25.7 Å². The summed E-state index contributed by atoms with van der Waals surface area (Å²) in [4.78, 5) is 42.5. The molecule has 0 aliphatic heterocycles. The average molecular weight is 281 g/mol. The minimum Gasteiger partial charge on any atom is -0.481 e. The highest BCUT2D eigenvalue weighted by molar-refractivity contribution is 6.33. The summed E-state index contributed by atoms with van der Waals surface area (Å²) in [7, 11) is 0. The van der Waals surface area contributed by atoms with Gasteiger partial charge < -0.3 is 9.84 Å². The highest BCUT2D eigenvalue weighted by Crippen LogP contribution is 2.12. The van der Waals surface area contributed by atoms with Crippen LogP contribution in [0.5, 0.6) is 0 Å². The zero-order valence-electron chi connectivity index (χ0n) is 10.3. The Hall–Kier alpha value is -2.77. The molecule has 0 unspecified atom stereocenters. The third kappa shape index (κ3) is 4.84. The van der Waals surface area contributed by atoms with E-state index in [2.05, 4.69) is 4.74 Å². The molecule has 0 fully saturated rings. The predicted octanol–water partition coefficient (Wildman–Crippen LogP) is 1.07. The maximum absolute atomic E-state index is 11.2. The molecule has 8 heteroatoms. The van der Waals surface area contributed by atoms with Gasteiger partial charge in [-0.15, -0.1) is 0 Å². The molecular formula is C12H11NO7. The van der Waals surface area contributed by atoms with Crippen LogP contribution in [0.3, 0.4) is 0 Å². The number of nitrogens with zero attached hydrogens (tertiary/aromatic N) is 1. The summed E-state index contributed by atoms with van der Waals surface area (Å²) in [6.07, 6.45) is -0.861. The van der Waals surface area contributed by atoms with Gasteiger partial charge in [0.25, 0.3) is 5.69 Å². The fourth-order valence-electron chi connectivity index (χ4n) is 1.27. The molecule has 0 spiro atoms. The first-order valence-electron chi connectivity index (χ1n) is 5.55. The summed E-state index contributed by atoms with van der Waals surface area (Å²) in [5, 5.41) is 18.8. The molecule has 0 atom stereocenters. The molecule has 0 heterocycles. The second-order valence-corrected chi connectivity index (χ2v) is 3.82. The number of carboxylic acids is 1. The number of ether oxygens (including phenoxy) is 1. The number of esters is 1. The van der Waals surface area contributed by atoms with Crippen molar-refractivity contribution in [2.75, 3.05) is 0 Å². The van der Waals surface area contributed by atoms with Crippen LogP contribution in [-0.4, -0.2) is 27.8 Å². The number of benzene rings is 1. The van der Waals surface area contributed by atoms with E-state index in [0.717, 1.165) is 0 Å². The zero-order chi connectivity index (χ0) is 15.1. The standard InChI is InChI=1S/C12H11NO7/c14-10(5-6-11(15)16)12(17)20-7-8-1-3-9(4-2-8)13(18)19/h1-4H,5-7H2,(H,15,16). The van der Waals surface area contributed by atoms with E-state index < -0.39 is 35.5 Å². The first-order valence-corrected chi connectivity index (χ1v) is 5.55.